The van der Waals surface area contributed by atoms with Crippen molar-refractivity contribution in [2.45, 2.75) is 11.5 Å². The van der Waals surface area contributed by atoms with Crippen LogP contribution >= 0.6 is 11.8 Å². The fourth-order valence-electron chi connectivity index (χ4n) is 2.60. The van der Waals surface area contributed by atoms with Gasteiger partial charge in [-0.25, -0.2) is 0 Å². The largest absolute Gasteiger partial charge is 0.355 e. The number of anilines is 2. The summed E-state index contributed by atoms with van der Waals surface area (Å²) in [5, 5.41) is 5.82. The number of nitrogens with zero attached hydrogens (tertiary/aromatic N) is 1. The number of hydrogen-bond donors (Lipinski definition) is 1. The maximum absolute atomic E-state index is 3.56. The number of hydrogen-bond acceptors (Lipinski definition) is 3. The van der Waals surface area contributed by atoms with E-state index in [-0.39, 0.29) is 0 Å². The minimum absolute atomic E-state index is 0.331. The van der Waals surface area contributed by atoms with E-state index in [0.29, 0.717) is 11.5 Å². The third-order valence-electron chi connectivity index (χ3n) is 3.38. The number of benzene rings is 1. The van der Waals surface area contributed by atoms with Crippen LogP contribution < -0.4 is 10.2 Å². The lowest BCUT2D eigenvalue weighted by Crippen LogP contribution is -2.43. The molecule has 0 radical (unpaired) electrons. The first-order valence-corrected chi connectivity index (χ1v) is 6.72. The second kappa shape index (κ2) is 3.44. The average molecular weight is 240 g/mol. The summed E-state index contributed by atoms with van der Waals surface area (Å²) in [6, 6.07) is 8.91. The van der Waals surface area contributed by atoms with Crippen molar-refractivity contribution in [1.29, 1.82) is 0 Å². The summed E-state index contributed by atoms with van der Waals surface area (Å²) in [5.74, 6) is 0. The number of fused-ring (bicyclic) bond motifs is 5. The van der Waals surface area contributed by atoms with E-state index >= 15 is 0 Å². The van der Waals surface area contributed by atoms with Crippen LogP contribution in [0.15, 0.2) is 59.6 Å². The Balaban J connectivity index is 1.84. The molecule has 1 aromatic rings. The Morgan fingerprint density at radius 2 is 2.12 bits per heavy atom. The van der Waals surface area contributed by atoms with Gasteiger partial charge >= 0.3 is 0 Å². The normalized spacial score (nSPS) is 28.0. The SMILES string of the molecule is C1=CC2=CS[C@@H]3Nc4ccccc4N3[C@@H]2C=C1. The molecule has 2 heterocycles. The zero-order valence-electron chi connectivity index (χ0n) is 9.21. The Morgan fingerprint density at radius 3 is 3.12 bits per heavy atom. The van der Waals surface area contributed by atoms with Crippen LogP contribution in [0.2, 0.25) is 0 Å². The molecule has 0 saturated carbocycles. The first kappa shape index (κ1) is 9.42. The molecule has 2 nitrogen and oxygen atoms in total. The van der Waals surface area contributed by atoms with E-state index in [9.17, 15) is 0 Å². The van der Waals surface area contributed by atoms with Crippen molar-refractivity contribution >= 4 is 23.1 Å². The summed E-state index contributed by atoms with van der Waals surface area (Å²) in [6.07, 6.45) is 8.71. The maximum atomic E-state index is 3.56. The van der Waals surface area contributed by atoms with Gasteiger partial charge in [-0.15, -0.1) is 0 Å². The zero-order chi connectivity index (χ0) is 11.2. The van der Waals surface area contributed by atoms with Crippen molar-refractivity contribution in [1.82, 2.24) is 0 Å². The molecule has 4 rings (SSSR count). The molecule has 1 N–H and O–H groups in total. The second-order valence-electron chi connectivity index (χ2n) is 4.36. The number of rotatable bonds is 0. The lowest BCUT2D eigenvalue weighted by Gasteiger charge is -2.37. The molecule has 1 aliphatic carbocycles. The minimum Gasteiger partial charge on any atom is -0.355 e. The van der Waals surface area contributed by atoms with Gasteiger partial charge in [-0.2, -0.15) is 0 Å². The minimum atomic E-state index is 0.331. The molecule has 0 spiro atoms. The highest BCUT2D eigenvalue weighted by Crippen LogP contribution is 2.45. The van der Waals surface area contributed by atoms with Gasteiger partial charge in [-0.1, -0.05) is 48.2 Å². The topological polar surface area (TPSA) is 15.3 Å². The molecule has 84 valence electrons. The van der Waals surface area contributed by atoms with Gasteiger partial charge in [0.1, 0.15) is 0 Å². The number of thioether (sulfide) groups is 1. The van der Waals surface area contributed by atoms with Crippen LogP contribution in [0.25, 0.3) is 0 Å². The molecule has 3 heteroatoms. The molecule has 0 unspecified atom stereocenters. The van der Waals surface area contributed by atoms with E-state index in [0.717, 1.165) is 0 Å². The van der Waals surface area contributed by atoms with Crippen LogP contribution in [0.1, 0.15) is 0 Å². The molecule has 2 atom stereocenters. The molecule has 3 aliphatic rings. The Labute approximate surface area is 105 Å². The lowest BCUT2D eigenvalue weighted by molar-refractivity contribution is 0.782. The van der Waals surface area contributed by atoms with Gasteiger partial charge < -0.3 is 10.2 Å². The van der Waals surface area contributed by atoms with Crippen LogP contribution in [0.4, 0.5) is 11.4 Å². The molecule has 0 saturated heterocycles. The highest BCUT2D eigenvalue weighted by Gasteiger charge is 2.37. The van der Waals surface area contributed by atoms with Crippen molar-refractivity contribution < 1.29 is 0 Å². The monoisotopic (exact) mass is 240 g/mol. The van der Waals surface area contributed by atoms with E-state index in [1.165, 1.54) is 16.9 Å². The van der Waals surface area contributed by atoms with Crippen molar-refractivity contribution in [3.05, 3.63) is 59.6 Å². The Morgan fingerprint density at radius 1 is 1.18 bits per heavy atom. The van der Waals surface area contributed by atoms with Crippen LogP contribution in [0, 0.1) is 0 Å². The Bertz CT molecular complexity index is 559. The molecule has 0 aromatic heterocycles. The van der Waals surface area contributed by atoms with Crippen molar-refractivity contribution in [3.63, 3.8) is 0 Å². The Hall–Kier alpha value is -1.61. The van der Waals surface area contributed by atoms with Gasteiger partial charge in [-0.3, -0.25) is 0 Å². The van der Waals surface area contributed by atoms with Crippen molar-refractivity contribution in [2.24, 2.45) is 0 Å². The van der Waals surface area contributed by atoms with Gasteiger partial charge in [-0.05, 0) is 23.1 Å². The van der Waals surface area contributed by atoms with E-state index in [2.05, 4.69) is 64.2 Å². The summed E-state index contributed by atoms with van der Waals surface area (Å²) in [5.41, 5.74) is 4.26. The number of para-hydroxylation sites is 2. The number of nitrogens with one attached hydrogen (secondary N) is 1. The molecule has 1 aromatic carbocycles. The number of allylic oxidation sites excluding steroid dienone is 2. The van der Waals surface area contributed by atoms with Gasteiger partial charge in [0.2, 0.25) is 0 Å². The molecule has 2 aliphatic heterocycles. The average Bonchev–Trinajstić information content (AvgIpc) is 2.77. The van der Waals surface area contributed by atoms with Gasteiger partial charge in [0, 0.05) is 0 Å². The van der Waals surface area contributed by atoms with E-state index in [4.69, 9.17) is 0 Å². The fourth-order valence-corrected chi connectivity index (χ4v) is 3.67. The smallest absolute Gasteiger partial charge is 0.153 e. The first-order valence-electron chi connectivity index (χ1n) is 5.78. The maximum Gasteiger partial charge on any atom is 0.153 e. The molecule has 0 fully saturated rings. The Kier molecular flexibility index (Phi) is 1.91. The van der Waals surface area contributed by atoms with Gasteiger partial charge in [0.25, 0.3) is 0 Å². The van der Waals surface area contributed by atoms with E-state index in [1.54, 1.807) is 0 Å². The predicted molar refractivity (Wildman–Crippen MR) is 74.1 cm³/mol. The lowest BCUT2D eigenvalue weighted by atomic mass is 10.0. The standard InChI is InChI=1S/C14H12N2S/c1-3-7-12-10(5-1)9-17-14-15-11-6-2-4-8-13(11)16(12)14/h1-9,12,14-15H/t12-,14-/m1/s1. The van der Waals surface area contributed by atoms with E-state index < -0.39 is 0 Å². The predicted octanol–water partition coefficient (Wildman–Crippen LogP) is 3.33. The molecular weight excluding hydrogens is 228 g/mol. The summed E-state index contributed by atoms with van der Waals surface area (Å²) < 4.78 is 0. The zero-order valence-corrected chi connectivity index (χ0v) is 10.0. The quantitative estimate of drug-likeness (QED) is 0.749. The van der Waals surface area contributed by atoms with Crippen LogP contribution in [0.3, 0.4) is 0 Å². The molecule has 17 heavy (non-hydrogen) atoms. The molecular formula is C14H12N2S. The molecule has 0 bridgehead atoms. The van der Waals surface area contributed by atoms with E-state index in [1.807, 2.05) is 11.8 Å². The summed E-state index contributed by atoms with van der Waals surface area (Å²) >= 11 is 1.84. The van der Waals surface area contributed by atoms with Crippen LogP contribution in [-0.2, 0) is 0 Å². The highest BCUT2D eigenvalue weighted by atomic mass is 32.2. The fraction of sp³-hybridized carbons (Fsp3) is 0.143. The summed E-state index contributed by atoms with van der Waals surface area (Å²) in [4.78, 5) is 2.45. The summed E-state index contributed by atoms with van der Waals surface area (Å²) in [7, 11) is 0. The third kappa shape index (κ3) is 1.29. The first-order chi connectivity index (χ1) is 8.43. The van der Waals surface area contributed by atoms with Gasteiger partial charge in [0.05, 0.1) is 17.4 Å². The molecule has 0 amide bonds. The highest BCUT2D eigenvalue weighted by molar-refractivity contribution is 8.03. The van der Waals surface area contributed by atoms with Crippen LogP contribution in [-0.4, -0.2) is 11.5 Å². The van der Waals surface area contributed by atoms with Crippen LogP contribution in [0.5, 0.6) is 0 Å². The summed E-state index contributed by atoms with van der Waals surface area (Å²) in [6.45, 7) is 0. The third-order valence-corrected chi connectivity index (χ3v) is 4.39. The van der Waals surface area contributed by atoms with Crippen molar-refractivity contribution in [2.75, 3.05) is 10.2 Å². The second-order valence-corrected chi connectivity index (χ2v) is 5.32. The van der Waals surface area contributed by atoms with Gasteiger partial charge in [0.15, 0.2) is 5.50 Å². The van der Waals surface area contributed by atoms with Crippen molar-refractivity contribution in [3.8, 4) is 0 Å².